The van der Waals surface area contributed by atoms with Gasteiger partial charge < -0.3 is 20.4 Å². The number of nitrogens with two attached hydrogens (primary N) is 1. The predicted octanol–water partition coefficient (Wildman–Crippen LogP) is 1.54. The van der Waals surface area contributed by atoms with E-state index in [1.54, 1.807) is 0 Å². The van der Waals surface area contributed by atoms with Crippen LogP contribution in [0.1, 0.15) is 12.8 Å². The number of rotatable bonds is 4. The number of oxazole rings is 1. The van der Waals surface area contributed by atoms with Crippen LogP contribution in [0.15, 0.2) is 34.9 Å². The fourth-order valence-corrected chi connectivity index (χ4v) is 2.23. The lowest BCUT2D eigenvalue weighted by Crippen LogP contribution is -2.22. The summed E-state index contributed by atoms with van der Waals surface area (Å²) in [5.74, 6) is -1.85. The molecule has 0 amide bonds. The van der Waals surface area contributed by atoms with E-state index >= 15 is 0 Å². The fraction of sp³-hybridized carbons (Fsp3) is 0.250. The van der Waals surface area contributed by atoms with Crippen molar-refractivity contribution in [3.63, 3.8) is 0 Å². The third-order valence-corrected chi connectivity index (χ3v) is 3.10. The molecule has 9 nitrogen and oxygen atoms in total. The lowest BCUT2D eigenvalue weighted by Gasteiger charge is -2.06. The van der Waals surface area contributed by atoms with Crippen LogP contribution in [-0.2, 0) is 16.1 Å². The van der Waals surface area contributed by atoms with Gasteiger partial charge in [-0.2, -0.15) is 5.10 Å². The number of carbonyl (C=O) groups is 2. The first-order valence-corrected chi connectivity index (χ1v) is 7.39. The Morgan fingerprint density at radius 2 is 1.96 bits per heavy atom. The van der Waals surface area contributed by atoms with Crippen LogP contribution in [0.5, 0.6) is 0 Å². The van der Waals surface area contributed by atoms with Gasteiger partial charge in [-0.3, -0.25) is 4.68 Å². The number of aromatic nitrogens is 3. The van der Waals surface area contributed by atoms with Gasteiger partial charge in [-0.05, 0) is 19.1 Å². The molecule has 3 aromatic rings. The molecule has 0 aliphatic carbocycles. The van der Waals surface area contributed by atoms with E-state index in [4.69, 9.17) is 20.4 Å². The van der Waals surface area contributed by atoms with Gasteiger partial charge in [-0.1, -0.05) is 0 Å². The highest BCUT2D eigenvalue weighted by atomic mass is 16.4. The maximum Gasteiger partial charge on any atom is 0.328 e. The Kier molecular flexibility index (Phi) is 5.50. The van der Waals surface area contributed by atoms with Crippen molar-refractivity contribution in [2.45, 2.75) is 26.4 Å². The summed E-state index contributed by atoms with van der Waals surface area (Å²) in [7, 11) is 0. The summed E-state index contributed by atoms with van der Waals surface area (Å²) in [6.07, 6.45) is 2.95. The van der Waals surface area contributed by atoms with Gasteiger partial charge in [0.15, 0.2) is 11.5 Å². The normalized spacial score (nSPS) is 12.3. The SMILES string of the molecule is Cc1nc2c(ccc3cnn(C[C@H](C)N)c32)o1.O=C(O)C=CC(=O)O. The van der Waals surface area contributed by atoms with Crippen molar-refractivity contribution in [1.29, 1.82) is 0 Å². The summed E-state index contributed by atoms with van der Waals surface area (Å²) >= 11 is 0. The van der Waals surface area contributed by atoms with Crippen LogP contribution in [-0.4, -0.2) is 43.0 Å². The molecule has 0 spiro atoms. The minimum Gasteiger partial charge on any atom is -0.478 e. The molecule has 1 atom stereocenters. The van der Waals surface area contributed by atoms with E-state index in [0.717, 1.165) is 22.0 Å². The minimum absolute atomic E-state index is 0.0568. The van der Waals surface area contributed by atoms with Crippen LogP contribution >= 0.6 is 0 Å². The molecule has 9 heteroatoms. The van der Waals surface area contributed by atoms with Crippen molar-refractivity contribution in [2.24, 2.45) is 5.73 Å². The summed E-state index contributed by atoms with van der Waals surface area (Å²) in [4.78, 5) is 23.5. The molecule has 0 radical (unpaired) electrons. The molecule has 2 heterocycles. The van der Waals surface area contributed by atoms with Crippen LogP contribution in [0.3, 0.4) is 0 Å². The van der Waals surface area contributed by atoms with Gasteiger partial charge >= 0.3 is 11.9 Å². The maximum absolute atomic E-state index is 9.55. The minimum atomic E-state index is -1.26. The fourth-order valence-electron chi connectivity index (χ4n) is 2.23. The molecule has 3 rings (SSSR count). The molecule has 0 fully saturated rings. The van der Waals surface area contributed by atoms with E-state index in [-0.39, 0.29) is 6.04 Å². The number of nitrogens with zero attached hydrogens (tertiary/aromatic N) is 3. The number of carboxylic acids is 2. The summed E-state index contributed by atoms with van der Waals surface area (Å²) in [6.45, 7) is 4.48. The van der Waals surface area contributed by atoms with Gasteiger partial charge in [0.2, 0.25) is 0 Å². The number of aryl methyl sites for hydroxylation is 1. The average Bonchev–Trinajstić information content (AvgIpc) is 3.07. The zero-order valence-electron chi connectivity index (χ0n) is 13.7. The quantitative estimate of drug-likeness (QED) is 0.603. The standard InChI is InChI=1S/C12H14N4O.C4H4O4/c1-7(13)6-16-12-9(5-14-16)3-4-10-11(12)15-8(2)17-10;5-3(6)1-2-4(7)8/h3-5,7H,6,13H2,1-2H3;1-2H,(H,5,6)(H,7,8)/t7-;/m0./s1. The molecule has 25 heavy (non-hydrogen) atoms. The lowest BCUT2D eigenvalue weighted by molar-refractivity contribution is -0.134. The smallest absolute Gasteiger partial charge is 0.328 e. The summed E-state index contributed by atoms with van der Waals surface area (Å²) < 4.78 is 7.42. The summed E-state index contributed by atoms with van der Waals surface area (Å²) in [5, 5.41) is 21.0. The number of carboxylic acid groups (broad SMARTS) is 2. The van der Waals surface area contributed by atoms with Crippen molar-refractivity contribution >= 4 is 33.9 Å². The van der Waals surface area contributed by atoms with Gasteiger partial charge in [0.25, 0.3) is 0 Å². The van der Waals surface area contributed by atoms with Crippen molar-refractivity contribution in [1.82, 2.24) is 14.8 Å². The van der Waals surface area contributed by atoms with Crippen LogP contribution in [0.4, 0.5) is 0 Å². The predicted molar refractivity (Wildman–Crippen MR) is 90.1 cm³/mol. The van der Waals surface area contributed by atoms with Gasteiger partial charge in [0.05, 0.1) is 18.3 Å². The third kappa shape index (κ3) is 4.64. The molecule has 0 bridgehead atoms. The molecule has 2 aromatic heterocycles. The molecular weight excluding hydrogens is 328 g/mol. The molecule has 1 aromatic carbocycles. The zero-order chi connectivity index (χ0) is 18.6. The van der Waals surface area contributed by atoms with E-state index in [2.05, 4.69) is 10.1 Å². The van der Waals surface area contributed by atoms with Gasteiger partial charge in [-0.15, -0.1) is 0 Å². The number of hydrogen-bond donors (Lipinski definition) is 3. The largest absolute Gasteiger partial charge is 0.478 e. The Bertz CT molecular complexity index is 923. The monoisotopic (exact) mass is 346 g/mol. The molecule has 0 unspecified atom stereocenters. The lowest BCUT2D eigenvalue weighted by atomic mass is 10.2. The Morgan fingerprint density at radius 1 is 1.32 bits per heavy atom. The molecule has 0 saturated heterocycles. The third-order valence-electron chi connectivity index (χ3n) is 3.10. The Hall–Kier alpha value is -3.20. The first kappa shape index (κ1) is 18.1. The summed E-state index contributed by atoms with van der Waals surface area (Å²) in [6, 6.07) is 3.98. The first-order valence-electron chi connectivity index (χ1n) is 7.39. The van der Waals surface area contributed by atoms with Crippen LogP contribution in [0.25, 0.3) is 22.0 Å². The zero-order valence-corrected chi connectivity index (χ0v) is 13.7. The van der Waals surface area contributed by atoms with Crippen molar-refractivity contribution in [3.8, 4) is 0 Å². The van der Waals surface area contributed by atoms with E-state index < -0.39 is 11.9 Å². The van der Waals surface area contributed by atoms with Crippen molar-refractivity contribution < 1.29 is 24.2 Å². The number of hydrogen-bond acceptors (Lipinski definition) is 6. The second-order valence-electron chi connectivity index (χ2n) is 5.40. The van der Waals surface area contributed by atoms with Crippen LogP contribution in [0.2, 0.25) is 0 Å². The van der Waals surface area contributed by atoms with Crippen LogP contribution in [0, 0.1) is 6.92 Å². The average molecular weight is 346 g/mol. The Labute approximate surface area is 142 Å². The number of aliphatic carboxylic acids is 2. The van der Waals surface area contributed by atoms with Gasteiger partial charge in [0.1, 0.15) is 5.52 Å². The van der Waals surface area contributed by atoms with E-state index in [1.165, 1.54) is 0 Å². The van der Waals surface area contributed by atoms with Crippen molar-refractivity contribution in [3.05, 3.63) is 36.4 Å². The molecular formula is C16H18N4O5. The highest BCUT2D eigenvalue weighted by Crippen LogP contribution is 2.25. The highest BCUT2D eigenvalue weighted by molar-refractivity contribution is 6.00. The maximum atomic E-state index is 9.55. The summed E-state index contributed by atoms with van der Waals surface area (Å²) in [5.41, 5.74) is 8.47. The highest BCUT2D eigenvalue weighted by Gasteiger charge is 2.12. The second-order valence-corrected chi connectivity index (χ2v) is 5.40. The molecule has 132 valence electrons. The van der Waals surface area contributed by atoms with Gasteiger partial charge in [-0.25, -0.2) is 14.6 Å². The molecule has 0 aliphatic rings. The molecule has 4 N–H and O–H groups in total. The topological polar surface area (TPSA) is 144 Å². The first-order chi connectivity index (χ1) is 11.8. The molecule has 0 aliphatic heterocycles. The van der Waals surface area contributed by atoms with E-state index in [0.29, 0.717) is 24.6 Å². The molecule has 0 saturated carbocycles. The van der Waals surface area contributed by atoms with E-state index in [1.807, 2.05) is 36.9 Å². The van der Waals surface area contributed by atoms with Crippen LogP contribution < -0.4 is 5.73 Å². The Balaban J connectivity index is 0.000000242. The number of benzene rings is 1. The van der Waals surface area contributed by atoms with Gasteiger partial charge in [0, 0.05) is 30.5 Å². The number of fused-ring (bicyclic) bond motifs is 3. The Morgan fingerprint density at radius 3 is 2.52 bits per heavy atom. The van der Waals surface area contributed by atoms with E-state index in [9.17, 15) is 9.59 Å². The second kappa shape index (κ2) is 7.58. The van der Waals surface area contributed by atoms with Crippen molar-refractivity contribution in [2.75, 3.05) is 0 Å².